The molecule has 2 aliphatic rings. The van der Waals surface area contributed by atoms with Gasteiger partial charge in [-0.15, -0.1) is 0 Å². The molecule has 1 amide bonds. The van der Waals surface area contributed by atoms with E-state index in [1.165, 1.54) is 28.9 Å². The van der Waals surface area contributed by atoms with Crippen molar-refractivity contribution in [1.82, 2.24) is 14.5 Å². The molecule has 1 unspecified atom stereocenters. The highest BCUT2D eigenvalue weighted by atomic mass is 19.1. The van der Waals surface area contributed by atoms with E-state index in [4.69, 9.17) is 0 Å². The largest absolute Gasteiger partial charge is 0.342 e. The second-order valence-corrected chi connectivity index (χ2v) is 8.68. The van der Waals surface area contributed by atoms with E-state index in [0.29, 0.717) is 37.3 Å². The van der Waals surface area contributed by atoms with Crippen molar-refractivity contribution in [3.8, 4) is 0 Å². The molecule has 0 N–H and O–H groups in total. The van der Waals surface area contributed by atoms with Crippen LogP contribution in [0.3, 0.4) is 0 Å². The fraction of sp³-hybridized carbons (Fsp3) is 0.346. The lowest BCUT2D eigenvalue weighted by Crippen LogP contribution is -2.39. The first-order valence-electron chi connectivity index (χ1n) is 11.1. The van der Waals surface area contributed by atoms with E-state index in [9.17, 15) is 14.0 Å². The average Bonchev–Trinajstić information content (AvgIpc) is 3.31. The number of amides is 1. The molecule has 172 valence electrons. The second kappa shape index (κ2) is 9.17. The van der Waals surface area contributed by atoms with Crippen LogP contribution in [0.4, 0.5) is 10.3 Å². The number of anilines is 1. The lowest BCUT2D eigenvalue weighted by molar-refractivity contribution is -0.130. The van der Waals surface area contributed by atoms with E-state index in [1.54, 1.807) is 14.0 Å². The van der Waals surface area contributed by atoms with Crippen LogP contribution in [0.1, 0.15) is 18.2 Å². The van der Waals surface area contributed by atoms with Crippen LogP contribution in [0.5, 0.6) is 0 Å². The highest BCUT2D eigenvalue weighted by Crippen LogP contribution is 2.49. The SMILES string of the molecule is C=C/C=C(\C(F)=C/C)c1cc(=O)n(C)c(N(C)C2[C@H]3CN(C(=O)Cc4ccccc4)C[C@@H]23)n1. The highest BCUT2D eigenvalue weighted by Gasteiger charge is 2.59. The third kappa shape index (κ3) is 4.40. The zero-order valence-corrected chi connectivity index (χ0v) is 19.2. The molecule has 2 heterocycles. The Morgan fingerprint density at radius 3 is 2.55 bits per heavy atom. The molecule has 1 aliphatic carbocycles. The maximum absolute atomic E-state index is 14.4. The number of nitrogens with zero attached hydrogens (tertiary/aromatic N) is 4. The first kappa shape index (κ1) is 22.7. The molecule has 2 fully saturated rings. The van der Waals surface area contributed by atoms with E-state index in [-0.39, 0.29) is 28.8 Å². The van der Waals surface area contributed by atoms with E-state index in [2.05, 4.69) is 11.6 Å². The molecule has 1 aromatic heterocycles. The average molecular weight is 449 g/mol. The quantitative estimate of drug-likeness (QED) is 0.610. The first-order valence-corrected chi connectivity index (χ1v) is 11.1. The van der Waals surface area contributed by atoms with Crippen molar-refractivity contribution in [2.24, 2.45) is 18.9 Å². The maximum atomic E-state index is 14.4. The van der Waals surface area contributed by atoms with Crippen molar-refractivity contribution in [3.63, 3.8) is 0 Å². The number of aromatic nitrogens is 2. The third-order valence-electron chi connectivity index (χ3n) is 6.64. The van der Waals surface area contributed by atoms with Crippen molar-refractivity contribution in [2.75, 3.05) is 25.0 Å². The number of carbonyl (C=O) groups excluding carboxylic acids is 1. The number of benzene rings is 1. The molecule has 33 heavy (non-hydrogen) atoms. The summed E-state index contributed by atoms with van der Waals surface area (Å²) in [5.41, 5.74) is 1.27. The molecule has 1 saturated heterocycles. The minimum absolute atomic E-state index is 0.142. The van der Waals surface area contributed by atoms with Crippen molar-refractivity contribution < 1.29 is 9.18 Å². The highest BCUT2D eigenvalue weighted by molar-refractivity contribution is 5.79. The number of carbonyl (C=O) groups is 1. The minimum Gasteiger partial charge on any atom is -0.342 e. The Hall–Kier alpha value is -3.48. The summed E-state index contributed by atoms with van der Waals surface area (Å²) in [6.45, 7) is 6.64. The van der Waals surface area contributed by atoms with Crippen LogP contribution in [0.2, 0.25) is 0 Å². The van der Waals surface area contributed by atoms with Crippen LogP contribution in [-0.4, -0.2) is 46.5 Å². The van der Waals surface area contributed by atoms with Gasteiger partial charge in [-0.1, -0.05) is 55.1 Å². The van der Waals surface area contributed by atoms with E-state index in [1.807, 2.05) is 47.2 Å². The van der Waals surface area contributed by atoms with Gasteiger partial charge in [-0.3, -0.25) is 14.2 Å². The van der Waals surface area contributed by atoms with Gasteiger partial charge in [0.1, 0.15) is 5.83 Å². The number of piperidine rings is 1. The van der Waals surface area contributed by atoms with Gasteiger partial charge in [0, 0.05) is 56.7 Å². The molecule has 2 aromatic rings. The summed E-state index contributed by atoms with van der Waals surface area (Å²) < 4.78 is 15.9. The predicted octanol–water partition coefficient (Wildman–Crippen LogP) is 3.36. The van der Waals surface area contributed by atoms with Crippen LogP contribution in [0, 0.1) is 11.8 Å². The molecule has 7 heteroatoms. The Morgan fingerprint density at radius 2 is 1.94 bits per heavy atom. The second-order valence-electron chi connectivity index (χ2n) is 8.68. The Bertz CT molecular complexity index is 1170. The van der Waals surface area contributed by atoms with Crippen LogP contribution in [0.25, 0.3) is 5.57 Å². The van der Waals surface area contributed by atoms with Crippen LogP contribution in [0.15, 0.2) is 71.8 Å². The first-order chi connectivity index (χ1) is 15.8. The predicted molar refractivity (Wildman–Crippen MR) is 128 cm³/mol. The standard InChI is InChI=1S/C26H29FN4O2/c1-5-10-18(21(27)6-2)22-14-23(32)29(3)26(28-22)30(4)25-19-15-31(16-20(19)25)24(33)13-17-11-8-7-9-12-17/h5-12,14,19-20,25H,1,13,15-16H2,2-4H3/b18-10+,21-6+/t19-,20+,25?. The summed E-state index contributed by atoms with van der Waals surface area (Å²) in [5.74, 6) is 0.845. The number of allylic oxidation sites excluding steroid dienone is 5. The van der Waals surface area contributed by atoms with Gasteiger partial charge < -0.3 is 9.80 Å². The summed E-state index contributed by atoms with van der Waals surface area (Å²) in [7, 11) is 3.58. The number of rotatable bonds is 7. The van der Waals surface area contributed by atoms with Crippen molar-refractivity contribution in [2.45, 2.75) is 19.4 Å². The van der Waals surface area contributed by atoms with E-state index < -0.39 is 5.83 Å². The van der Waals surface area contributed by atoms with E-state index >= 15 is 0 Å². The molecule has 1 aliphatic heterocycles. The fourth-order valence-electron chi connectivity index (χ4n) is 4.83. The fourth-order valence-corrected chi connectivity index (χ4v) is 4.83. The summed E-state index contributed by atoms with van der Waals surface area (Å²) in [6.07, 6.45) is 4.74. The lowest BCUT2D eigenvalue weighted by atomic mass is 10.1. The summed E-state index contributed by atoms with van der Waals surface area (Å²) in [5, 5.41) is 0. The number of fused-ring (bicyclic) bond motifs is 1. The van der Waals surface area contributed by atoms with Crippen LogP contribution < -0.4 is 10.5 Å². The molecular formula is C26H29FN4O2. The zero-order chi connectivity index (χ0) is 23.7. The Kier molecular flexibility index (Phi) is 6.31. The molecule has 0 bridgehead atoms. The monoisotopic (exact) mass is 448 g/mol. The normalized spacial score (nSPS) is 22.2. The van der Waals surface area contributed by atoms with Crippen molar-refractivity contribution >= 4 is 17.4 Å². The van der Waals surface area contributed by atoms with Crippen LogP contribution >= 0.6 is 0 Å². The molecule has 0 spiro atoms. The van der Waals surface area contributed by atoms with Gasteiger partial charge in [-0.05, 0) is 12.5 Å². The minimum atomic E-state index is -0.458. The molecule has 3 atom stereocenters. The van der Waals surface area contributed by atoms with E-state index in [0.717, 1.165) is 5.56 Å². The van der Waals surface area contributed by atoms with Crippen molar-refractivity contribution in [3.05, 3.63) is 88.6 Å². The van der Waals surface area contributed by atoms with Gasteiger partial charge >= 0.3 is 0 Å². The third-order valence-corrected chi connectivity index (χ3v) is 6.64. The maximum Gasteiger partial charge on any atom is 0.255 e. The molecule has 1 aromatic carbocycles. The number of halogens is 1. The molecule has 4 rings (SSSR count). The molecule has 1 saturated carbocycles. The topological polar surface area (TPSA) is 58.4 Å². The number of hydrogen-bond donors (Lipinski definition) is 0. The zero-order valence-electron chi connectivity index (χ0n) is 19.2. The number of hydrogen-bond acceptors (Lipinski definition) is 4. The van der Waals surface area contributed by atoms with Gasteiger partial charge in [0.2, 0.25) is 11.9 Å². The van der Waals surface area contributed by atoms with Crippen LogP contribution in [-0.2, 0) is 18.3 Å². The van der Waals surface area contributed by atoms with Gasteiger partial charge in [0.15, 0.2) is 0 Å². The molecular weight excluding hydrogens is 419 g/mol. The Labute approximate surface area is 193 Å². The molecule has 0 radical (unpaired) electrons. The summed E-state index contributed by atoms with van der Waals surface area (Å²) >= 11 is 0. The van der Waals surface area contributed by atoms with Gasteiger partial charge in [-0.25, -0.2) is 9.37 Å². The number of likely N-dealkylation sites (tertiary alicyclic amines) is 1. The Morgan fingerprint density at radius 1 is 1.27 bits per heavy atom. The van der Waals surface area contributed by atoms with Gasteiger partial charge in [0.05, 0.1) is 12.1 Å². The van der Waals surface area contributed by atoms with Gasteiger partial charge in [-0.2, -0.15) is 0 Å². The van der Waals surface area contributed by atoms with Crippen molar-refractivity contribution in [1.29, 1.82) is 0 Å². The summed E-state index contributed by atoms with van der Waals surface area (Å²) in [6, 6.07) is 11.3. The Balaban J connectivity index is 1.49. The smallest absolute Gasteiger partial charge is 0.255 e. The van der Waals surface area contributed by atoms with Gasteiger partial charge in [0.25, 0.3) is 5.56 Å². The lowest BCUT2D eigenvalue weighted by Gasteiger charge is -2.26. The molecule has 6 nitrogen and oxygen atoms in total. The summed E-state index contributed by atoms with van der Waals surface area (Å²) in [4.78, 5) is 33.9.